The zero-order chi connectivity index (χ0) is 22.2. The third kappa shape index (κ3) is 3.84. The van der Waals surface area contributed by atoms with Gasteiger partial charge in [-0.05, 0) is 50.0 Å². The quantitative estimate of drug-likeness (QED) is 0.419. The predicted molar refractivity (Wildman–Crippen MR) is 116 cm³/mol. The number of thiophene rings is 1. The Hall–Kier alpha value is -2.42. The van der Waals surface area contributed by atoms with Crippen LogP contribution in [0.3, 0.4) is 0 Å². The molecule has 1 spiro atoms. The molecule has 1 saturated heterocycles. The first-order valence-corrected chi connectivity index (χ1v) is 11.9. The number of urea groups is 1. The predicted octanol–water partition coefficient (Wildman–Crippen LogP) is 3.24. The van der Waals surface area contributed by atoms with E-state index in [2.05, 4.69) is 10.6 Å². The van der Waals surface area contributed by atoms with E-state index in [4.69, 9.17) is 4.74 Å². The van der Waals surface area contributed by atoms with Gasteiger partial charge >= 0.3 is 12.0 Å². The zero-order valence-electron chi connectivity index (χ0n) is 18.0. The molecule has 2 atom stereocenters. The number of nitrogens with one attached hydrogen (secondary N) is 2. The molecule has 9 heteroatoms. The second-order valence-corrected chi connectivity index (χ2v) is 9.85. The van der Waals surface area contributed by atoms with E-state index in [1.54, 1.807) is 0 Å². The van der Waals surface area contributed by atoms with Gasteiger partial charge in [0, 0.05) is 4.88 Å². The smallest absolute Gasteiger partial charge is 0.341 e. The number of ether oxygens (including phenoxy) is 1. The summed E-state index contributed by atoms with van der Waals surface area (Å²) in [6.45, 7) is 1.60. The molecule has 8 nitrogen and oxygen atoms in total. The second kappa shape index (κ2) is 8.61. The monoisotopic (exact) mass is 447 g/mol. The highest BCUT2D eigenvalue weighted by Gasteiger charge is 2.55. The molecule has 1 aromatic heterocycles. The van der Waals surface area contributed by atoms with Crippen molar-refractivity contribution in [2.24, 2.45) is 5.92 Å². The summed E-state index contributed by atoms with van der Waals surface area (Å²) in [6.07, 6.45) is 8.17. The van der Waals surface area contributed by atoms with Crippen molar-refractivity contribution in [2.75, 3.05) is 19.0 Å². The largest absolute Gasteiger partial charge is 0.465 e. The number of anilines is 1. The van der Waals surface area contributed by atoms with E-state index in [0.717, 1.165) is 66.7 Å². The van der Waals surface area contributed by atoms with Crippen molar-refractivity contribution in [1.29, 1.82) is 0 Å². The lowest BCUT2D eigenvalue weighted by Gasteiger charge is -2.36. The summed E-state index contributed by atoms with van der Waals surface area (Å²) in [5.41, 5.74) is 0.467. The molecule has 1 saturated carbocycles. The van der Waals surface area contributed by atoms with Crippen molar-refractivity contribution in [3.05, 3.63) is 16.0 Å². The van der Waals surface area contributed by atoms with Crippen LogP contribution in [0.1, 0.15) is 72.7 Å². The molecule has 2 heterocycles. The molecule has 0 aromatic carbocycles. The number of hydrogen-bond donors (Lipinski definition) is 2. The average Bonchev–Trinajstić information content (AvgIpc) is 3.07. The third-order valence-electron chi connectivity index (χ3n) is 6.87. The van der Waals surface area contributed by atoms with Crippen LogP contribution in [0, 0.1) is 5.92 Å². The maximum Gasteiger partial charge on any atom is 0.341 e. The number of rotatable bonds is 4. The number of aryl methyl sites for hydroxylation is 1. The van der Waals surface area contributed by atoms with Crippen LogP contribution in [-0.4, -0.2) is 47.9 Å². The summed E-state index contributed by atoms with van der Waals surface area (Å²) >= 11 is 1.39. The van der Waals surface area contributed by atoms with Gasteiger partial charge in [0.25, 0.3) is 5.91 Å². The Morgan fingerprint density at radius 1 is 1.19 bits per heavy atom. The van der Waals surface area contributed by atoms with Crippen molar-refractivity contribution in [2.45, 2.75) is 70.3 Å². The van der Waals surface area contributed by atoms with Crippen LogP contribution in [0.25, 0.3) is 0 Å². The van der Waals surface area contributed by atoms with Gasteiger partial charge in [0.05, 0.1) is 12.7 Å². The van der Waals surface area contributed by atoms with Gasteiger partial charge in [-0.2, -0.15) is 0 Å². The minimum Gasteiger partial charge on any atom is -0.465 e. The summed E-state index contributed by atoms with van der Waals surface area (Å²) in [6, 6.07) is -0.524. The van der Waals surface area contributed by atoms with Gasteiger partial charge in [-0.15, -0.1) is 11.3 Å². The number of carbonyl (C=O) groups excluding carboxylic acids is 4. The molecule has 2 N–H and O–H groups in total. The molecular formula is C22H29N3O5S. The number of hydrogen-bond acceptors (Lipinski definition) is 6. The van der Waals surface area contributed by atoms with Crippen LogP contribution in [-0.2, 0) is 27.2 Å². The normalized spacial score (nSPS) is 25.7. The van der Waals surface area contributed by atoms with Crippen LogP contribution < -0.4 is 10.6 Å². The summed E-state index contributed by atoms with van der Waals surface area (Å²) < 4.78 is 4.97. The Labute approximate surface area is 185 Å². The Bertz CT molecular complexity index is 926. The lowest BCUT2D eigenvalue weighted by Crippen LogP contribution is -2.54. The summed E-state index contributed by atoms with van der Waals surface area (Å²) in [7, 11) is 1.33. The number of methoxy groups -OCH3 is 1. The highest BCUT2D eigenvalue weighted by Crippen LogP contribution is 2.39. The van der Waals surface area contributed by atoms with Crippen molar-refractivity contribution in [3.63, 3.8) is 0 Å². The topological polar surface area (TPSA) is 105 Å². The molecule has 4 amide bonds. The Morgan fingerprint density at radius 3 is 2.71 bits per heavy atom. The molecular weight excluding hydrogens is 418 g/mol. The molecule has 31 heavy (non-hydrogen) atoms. The van der Waals surface area contributed by atoms with Gasteiger partial charge in [-0.1, -0.05) is 26.2 Å². The second-order valence-electron chi connectivity index (χ2n) is 8.75. The molecule has 2 aliphatic carbocycles. The lowest BCUT2D eigenvalue weighted by atomic mass is 9.73. The molecule has 4 rings (SSSR count). The van der Waals surface area contributed by atoms with Crippen LogP contribution in [0.5, 0.6) is 0 Å². The van der Waals surface area contributed by atoms with Gasteiger partial charge < -0.3 is 15.4 Å². The number of nitrogens with zero attached hydrogens (tertiary/aromatic N) is 1. The van der Waals surface area contributed by atoms with E-state index >= 15 is 0 Å². The van der Waals surface area contributed by atoms with Gasteiger partial charge in [-0.3, -0.25) is 14.5 Å². The van der Waals surface area contributed by atoms with E-state index in [9.17, 15) is 19.2 Å². The highest BCUT2D eigenvalue weighted by molar-refractivity contribution is 7.17. The fourth-order valence-electron chi connectivity index (χ4n) is 5.10. The summed E-state index contributed by atoms with van der Waals surface area (Å²) in [5, 5.41) is 6.08. The molecule has 2 fully saturated rings. The van der Waals surface area contributed by atoms with Crippen LogP contribution in [0.4, 0.5) is 9.80 Å². The Morgan fingerprint density at radius 2 is 1.97 bits per heavy atom. The first kappa shape index (κ1) is 21.8. The Balaban J connectivity index is 1.52. The average molecular weight is 448 g/mol. The molecule has 0 bridgehead atoms. The molecule has 168 valence electrons. The minimum atomic E-state index is -0.896. The van der Waals surface area contributed by atoms with E-state index < -0.39 is 23.4 Å². The SMILES string of the molecule is COC(=O)c1c(NC(=O)CN2C(=O)NC3(CCCCC3C)C2=O)sc2c1CCCCC2. The number of imide groups is 1. The van der Waals surface area contributed by atoms with Crippen LogP contribution >= 0.6 is 11.3 Å². The number of amides is 4. The van der Waals surface area contributed by atoms with Crippen LogP contribution in [0.2, 0.25) is 0 Å². The molecule has 2 unspecified atom stereocenters. The van der Waals surface area contributed by atoms with Crippen molar-refractivity contribution in [1.82, 2.24) is 10.2 Å². The van der Waals surface area contributed by atoms with Gasteiger partial charge in [0.2, 0.25) is 5.91 Å². The van der Waals surface area contributed by atoms with Crippen molar-refractivity contribution < 1.29 is 23.9 Å². The fraction of sp³-hybridized carbons (Fsp3) is 0.636. The highest BCUT2D eigenvalue weighted by atomic mass is 32.1. The zero-order valence-corrected chi connectivity index (χ0v) is 18.9. The first-order valence-electron chi connectivity index (χ1n) is 11.0. The maximum atomic E-state index is 13.1. The van der Waals surface area contributed by atoms with Gasteiger partial charge in [0.1, 0.15) is 17.1 Å². The maximum absolute atomic E-state index is 13.1. The van der Waals surface area contributed by atoms with Gasteiger partial charge in [-0.25, -0.2) is 9.59 Å². The molecule has 3 aliphatic rings. The van der Waals surface area contributed by atoms with Crippen molar-refractivity contribution >= 4 is 40.2 Å². The summed E-state index contributed by atoms with van der Waals surface area (Å²) in [4.78, 5) is 53.0. The van der Waals surface area contributed by atoms with Gasteiger partial charge in [0.15, 0.2) is 0 Å². The number of carbonyl (C=O) groups is 4. The van der Waals surface area contributed by atoms with Crippen LogP contribution in [0.15, 0.2) is 0 Å². The van der Waals surface area contributed by atoms with Crippen molar-refractivity contribution in [3.8, 4) is 0 Å². The van der Waals surface area contributed by atoms with E-state index in [1.807, 2.05) is 6.92 Å². The summed E-state index contributed by atoms with van der Waals surface area (Å²) in [5.74, 6) is -1.26. The number of esters is 1. The Kier molecular flexibility index (Phi) is 6.05. The third-order valence-corrected chi connectivity index (χ3v) is 8.07. The van der Waals surface area contributed by atoms with E-state index in [0.29, 0.717) is 17.0 Å². The fourth-order valence-corrected chi connectivity index (χ4v) is 6.39. The minimum absolute atomic E-state index is 0.0321. The number of fused-ring (bicyclic) bond motifs is 1. The molecule has 1 aromatic rings. The standard InChI is InChI=1S/C22H29N3O5S/c1-13-8-6-7-11-22(13)20(28)25(21(29)24-22)12-16(26)23-18-17(19(27)30-2)14-9-4-3-5-10-15(14)31-18/h13H,3-12H2,1-2H3,(H,23,26)(H,24,29). The van der Waals surface area contributed by atoms with E-state index in [1.165, 1.54) is 18.4 Å². The molecule has 0 radical (unpaired) electrons. The lowest BCUT2D eigenvalue weighted by molar-refractivity contribution is -0.136. The van der Waals surface area contributed by atoms with E-state index in [-0.39, 0.29) is 18.4 Å². The first-order chi connectivity index (χ1) is 14.9. The molecule has 1 aliphatic heterocycles.